The number of aliphatic imine (C=N–C) groups is 1. The average molecular weight is 321 g/mol. The van der Waals surface area contributed by atoms with E-state index in [2.05, 4.69) is 52.1 Å². The summed E-state index contributed by atoms with van der Waals surface area (Å²) in [5, 5.41) is 8.42. The molecule has 6 heteroatoms. The lowest BCUT2D eigenvalue weighted by Crippen LogP contribution is -2.39. The Morgan fingerprint density at radius 1 is 1.53 bits per heavy atom. The van der Waals surface area contributed by atoms with E-state index in [1.807, 2.05) is 7.05 Å². The van der Waals surface area contributed by atoms with Gasteiger partial charge in [0.2, 0.25) is 0 Å². The van der Waals surface area contributed by atoms with Crippen LogP contribution in [0.25, 0.3) is 0 Å². The van der Waals surface area contributed by atoms with Crippen molar-refractivity contribution in [2.75, 3.05) is 34.7 Å². The molecule has 17 heavy (non-hydrogen) atoms. The van der Waals surface area contributed by atoms with Crippen LogP contribution in [0.1, 0.15) is 10.9 Å². The fraction of sp³-hybridized carbons (Fsp3) is 0.545. The Morgan fingerprint density at radius 2 is 2.24 bits per heavy atom. The van der Waals surface area contributed by atoms with Gasteiger partial charge in [-0.3, -0.25) is 4.99 Å². The Balaban J connectivity index is 0.00000256. The van der Waals surface area contributed by atoms with Crippen LogP contribution in [-0.2, 0) is 0 Å². The molecule has 0 bridgehead atoms. The molecular formula is C11H21BrN4S. The number of hydrogen-bond acceptors (Lipinski definition) is 3. The van der Waals surface area contributed by atoms with Gasteiger partial charge >= 0.3 is 0 Å². The van der Waals surface area contributed by atoms with Crippen molar-refractivity contribution in [3.63, 3.8) is 0 Å². The van der Waals surface area contributed by atoms with Crippen LogP contribution in [0.5, 0.6) is 0 Å². The summed E-state index contributed by atoms with van der Waals surface area (Å²) in [6.07, 6.45) is 0. The monoisotopic (exact) mass is 320 g/mol. The number of hydrogen-bond donors (Lipinski definition) is 2. The molecule has 0 amide bonds. The normalized spacial score (nSPS) is 13.1. The van der Waals surface area contributed by atoms with E-state index < -0.39 is 0 Å². The van der Waals surface area contributed by atoms with Crippen LogP contribution in [0, 0.1) is 0 Å². The van der Waals surface area contributed by atoms with Crippen molar-refractivity contribution < 1.29 is 0 Å². The van der Waals surface area contributed by atoms with E-state index in [9.17, 15) is 0 Å². The molecular weight excluding hydrogens is 300 g/mol. The van der Waals surface area contributed by atoms with Gasteiger partial charge in [-0.2, -0.15) is 0 Å². The largest absolute Gasteiger partial charge is 0.359 e. The molecule has 0 saturated carbocycles. The molecule has 0 aliphatic heterocycles. The lowest BCUT2D eigenvalue weighted by Gasteiger charge is -2.24. The fourth-order valence-corrected chi connectivity index (χ4v) is 2.41. The minimum absolute atomic E-state index is 0. The Labute approximate surface area is 118 Å². The first-order valence-electron chi connectivity index (χ1n) is 5.27. The summed E-state index contributed by atoms with van der Waals surface area (Å²) < 4.78 is 0. The fourth-order valence-electron chi connectivity index (χ4n) is 1.49. The highest BCUT2D eigenvalue weighted by Gasteiger charge is 2.14. The summed E-state index contributed by atoms with van der Waals surface area (Å²) in [5.74, 6) is 0.823. The van der Waals surface area contributed by atoms with Gasteiger partial charge in [-0.25, -0.2) is 0 Å². The first-order valence-corrected chi connectivity index (χ1v) is 6.15. The van der Waals surface area contributed by atoms with Gasteiger partial charge in [0.1, 0.15) is 0 Å². The smallest absolute Gasteiger partial charge is 0.190 e. The highest BCUT2D eigenvalue weighted by Crippen LogP contribution is 2.22. The second-order valence-corrected chi connectivity index (χ2v) is 4.68. The second-order valence-electron chi connectivity index (χ2n) is 3.70. The molecule has 0 spiro atoms. The standard InChI is InChI=1S/C11H20N4S.BrH/c1-12-11(13-2)14-8-9(15(3)4)10-6-5-7-16-10;/h5-7,9H,8H2,1-4H3,(H2,12,13,14);1H. The van der Waals surface area contributed by atoms with Gasteiger partial charge in [0.25, 0.3) is 0 Å². The number of likely N-dealkylation sites (N-methyl/N-ethyl adjacent to an activating group) is 1. The van der Waals surface area contributed by atoms with E-state index in [0.29, 0.717) is 6.04 Å². The molecule has 1 aromatic rings. The molecule has 0 fully saturated rings. The third-order valence-electron chi connectivity index (χ3n) is 2.42. The number of nitrogens with one attached hydrogen (secondary N) is 2. The van der Waals surface area contributed by atoms with Crippen LogP contribution in [0.2, 0.25) is 0 Å². The van der Waals surface area contributed by atoms with Crippen LogP contribution in [0.15, 0.2) is 22.5 Å². The quantitative estimate of drug-likeness (QED) is 0.655. The summed E-state index contributed by atoms with van der Waals surface area (Å²) in [5.41, 5.74) is 0. The van der Waals surface area contributed by atoms with Crippen molar-refractivity contribution in [3.8, 4) is 0 Å². The molecule has 1 rings (SSSR count). The van der Waals surface area contributed by atoms with E-state index in [-0.39, 0.29) is 17.0 Å². The lowest BCUT2D eigenvalue weighted by molar-refractivity contribution is 0.302. The Kier molecular flexibility index (Phi) is 8.20. The van der Waals surface area contributed by atoms with Crippen molar-refractivity contribution in [2.45, 2.75) is 6.04 Å². The zero-order chi connectivity index (χ0) is 12.0. The molecule has 0 aliphatic carbocycles. The number of thiophene rings is 1. The zero-order valence-electron chi connectivity index (χ0n) is 10.7. The Hall–Kier alpha value is -0.590. The maximum absolute atomic E-state index is 4.10. The minimum Gasteiger partial charge on any atom is -0.359 e. The number of rotatable bonds is 4. The van der Waals surface area contributed by atoms with Crippen molar-refractivity contribution >= 4 is 34.3 Å². The van der Waals surface area contributed by atoms with Crippen molar-refractivity contribution in [1.29, 1.82) is 0 Å². The summed E-state index contributed by atoms with van der Waals surface area (Å²) in [6.45, 7) is 0.848. The third-order valence-corrected chi connectivity index (χ3v) is 3.39. The van der Waals surface area contributed by atoms with Gasteiger partial charge < -0.3 is 15.5 Å². The van der Waals surface area contributed by atoms with Crippen molar-refractivity contribution in [1.82, 2.24) is 15.5 Å². The van der Waals surface area contributed by atoms with Crippen molar-refractivity contribution in [2.24, 2.45) is 4.99 Å². The molecule has 1 aromatic heterocycles. The van der Waals surface area contributed by atoms with Gasteiger partial charge in [0.15, 0.2) is 5.96 Å². The van der Waals surface area contributed by atoms with Gasteiger partial charge in [0, 0.05) is 25.5 Å². The van der Waals surface area contributed by atoms with Crippen LogP contribution >= 0.6 is 28.3 Å². The second kappa shape index (κ2) is 8.49. The molecule has 98 valence electrons. The van der Waals surface area contributed by atoms with Crippen LogP contribution < -0.4 is 10.6 Å². The molecule has 1 atom stereocenters. The van der Waals surface area contributed by atoms with E-state index in [0.717, 1.165) is 12.5 Å². The SMILES string of the molecule is Br.CN=C(NC)NCC(c1cccs1)N(C)C. The predicted octanol–water partition coefficient (Wildman–Crippen LogP) is 1.72. The molecule has 2 N–H and O–H groups in total. The first kappa shape index (κ1) is 16.4. The van der Waals surface area contributed by atoms with Crippen LogP contribution in [-0.4, -0.2) is 45.6 Å². The highest BCUT2D eigenvalue weighted by molar-refractivity contribution is 8.93. The van der Waals surface area contributed by atoms with Crippen LogP contribution in [0.3, 0.4) is 0 Å². The van der Waals surface area contributed by atoms with Gasteiger partial charge in [-0.15, -0.1) is 28.3 Å². The molecule has 0 saturated heterocycles. The maximum atomic E-state index is 4.10. The molecule has 0 radical (unpaired) electrons. The average Bonchev–Trinajstić information content (AvgIpc) is 2.77. The predicted molar refractivity (Wildman–Crippen MR) is 81.5 cm³/mol. The molecule has 0 aromatic carbocycles. The third kappa shape index (κ3) is 5.06. The van der Waals surface area contributed by atoms with Gasteiger partial charge in [-0.1, -0.05) is 6.07 Å². The minimum atomic E-state index is 0. The molecule has 1 unspecified atom stereocenters. The molecule has 4 nitrogen and oxygen atoms in total. The van der Waals surface area contributed by atoms with Crippen molar-refractivity contribution in [3.05, 3.63) is 22.4 Å². The lowest BCUT2D eigenvalue weighted by atomic mass is 10.2. The van der Waals surface area contributed by atoms with Gasteiger partial charge in [0.05, 0.1) is 6.04 Å². The molecule has 0 aliphatic rings. The van der Waals surface area contributed by atoms with E-state index in [1.54, 1.807) is 18.4 Å². The van der Waals surface area contributed by atoms with E-state index >= 15 is 0 Å². The van der Waals surface area contributed by atoms with Crippen LogP contribution in [0.4, 0.5) is 0 Å². The number of nitrogens with zero attached hydrogens (tertiary/aromatic N) is 2. The summed E-state index contributed by atoms with van der Waals surface area (Å²) >= 11 is 1.78. The summed E-state index contributed by atoms with van der Waals surface area (Å²) in [4.78, 5) is 7.67. The number of halogens is 1. The Bertz CT molecular complexity index is 324. The summed E-state index contributed by atoms with van der Waals surface area (Å²) in [7, 11) is 7.82. The first-order chi connectivity index (χ1) is 7.69. The van der Waals surface area contributed by atoms with E-state index in [4.69, 9.17) is 0 Å². The Morgan fingerprint density at radius 3 is 2.65 bits per heavy atom. The van der Waals surface area contributed by atoms with Gasteiger partial charge in [-0.05, 0) is 25.5 Å². The summed E-state index contributed by atoms with van der Waals surface area (Å²) in [6, 6.07) is 4.63. The highest BCUT2D eigenvalue weighted by atomic mass is 79.9. The molecule has 1 heterocycles. The topological polar surface area (TPSA) is 39.7 Å². The zero-order valence-corrected chi connectivity index (χ0v) is 13.3. The maximum Gasteiger partial charge on any atom is 0.190 e. The number of guanidine groups is 1. The van der Waals surface area contributed by atoms with E-state index in [1.165, 1.54) is 4.88 Å².